The van der Waals surface area contributed by atoms with E-state index in [1.807, 2.05) is 0 Å². The zero-order chi connectivity index (χ0) is 13.3. The second-order valence-electron chi connectivity index (χ2n) is 5.72. The van der Waals surface area contributed by atoms with Crippen molar-refractivity contribution < 1.29 is 5.11 Å². The predicted octanol–water partition coefficient (Wildman–Crippen LogP) is 3.35. The third-order valence-electron chi connectivity index (χ3n) is 4.09. The summed E-state index contributed by atoms with van der Waals surface area (Å²) in [5, 5.41) is 11.4. The van der Waals surface area contributed by atoms with E-state index in [1.54, 1.807) is 6.07 Å². The lowest BCUT2D eigenvalue weighted by molar-refractivity contribution is -0.0291. The van der Waals surface area contributed by atoms with Crippen LogP contribution in [0, 0.1) is 11.8 Å². The summed E-state index contributed by atoms with van der Waals surface area (Å²) >= 11 is 5.97. The molecule has 3 nitrogen and oxygen atoms in total. The highest BCUT2D eigenvalue weighted by Gasteiger charge is 2.38. The van der Waals surface area contributed by atoms with Gasteiger partial charge in [0.15, 0.2) is 0 Å². The number of nitrogen functional groups attached to an aromatic ring is 1. The minimum Gasteiger partial charge on any atom is -0.385 e. The van der Waals surface area contributed by atoms with Gasteiger partial charge in [0.2, 0.25) is 0 Å². The van der Waals surface area contributed by atoms with Crippen molar-refractivity contribution in [1.82, 2.24) is 4.98 Å². The van der Waals surface area contributed by atoms with Crippen LogP contribution >= 0.6 is 11.6 Å². The van der Waals surface area contributed by atoms with Gasteiger partial charge in [-0.3, -0.25) is 0 Å². The lowest BCUT2D eigenvalue weighted by atomic mass is 9.71. The zero-order valence-electron chi connectivity index (χ0n) is 11.0. The van der Waals surface area contributed by atoms with Crippen molar-refractivity contribution >= 4 is 17.4 Å². The molecule has 1 aromatic rings. The summed E-state index contributed by atoms with van der Waals surface area (Å²) in [7, 11) is 0. The monoisotopic (exact) mass is 268 g/mol. The predicted molar refractivity (Wildman–Crippen MR) is 74.4 cm³/mol. The summed E-state index contributed by atoms with van der Waals surface area (Å²) < 4.78 is 0. The molecule has 1 saturated carbocycles. The topological polar surface area (TPSA) is 59.1 Å². The lowest BCUT2D eigenvalue weighted by Gasteiger charge is -2.39. The minimum atomic E-state index is -0.866. The van der Waals surface area contributed by atoms with Crippen molar-refractivity contribution in [2.75, 3.05) is 5.73 Å². The summed E-state index contributed by atoms with van der Waals surface area (Å²) in [5.74, 6) is 1.50. The highest BCUT2D eigenvalue weighted by Crippen LogP contribution is 2.44. The fourth-order valence-corrected chi connectivity index (χ4v) is 3.09. The highest BCUT2D eigenvalue weighted by atomic mass is 35.5. The van der Waals surface area contributed by atoms with Crippen LogP contribution in [0.25, 0.3) is 0 Å². The number of nitrogens with two attached hydrogens (primary N) is 1. The zero-order valence-corrected chi connectivity index (χ0v) is 11.7. The first kappa shape index (κ1) is 13.6. The summed E-state index contributed by atoms with van der Waals surface area (Å²) in [6.07, 6.45) is 5.20. The van der Waals surface area contributed by atoms with E-state index >= 15 is 0 Å². The number of aromatic nitrogens is 1. The largest absolute Gasteiger partial charge is 0.385 e. The molecule has 0 aromatic carbocycles. The first-order valence-electron chi connectivity index (χ1n) is 6.56. The molecule has 0 saturated heterocycles. The Kier molecular flexibility index (Phi) is 3.83. The molecular formula is C14H21ClN2O. The van der Waals surface area contributed by atoms with Crippen molar-refractivity contribution in [3.63, 3.8) is 0 Å². The van der Waals surface area contributed by atoms with Crippen molar-refractivity contribution in [2.45, 2.75) is 45.1 Å². The first-order valence-corrected chi connectivity index (χ1v) is 6.94. The molecule has 0 amide bonds. The van der Waals surface area contributed by atoms with Crippen LogP contribution in [0.15, 0.2) is 12.3 Å². The van der Waals surface area contributed by atoms with Gasteiger partial charge in [0.05, 0.1) is 10.6 Å². The van der Waals surface area contributed by atoms with Crippen LogP contribution < -0.4 is 5.73 Å². The molecule has 1 heterocycles. The Labute approximate surface area is 113 Å². The second kappa shape index (κ2) is 5.06. The van der Waals surface area contributed by atoms with Gasteiger partial charge in [-0.1, -0.05) is 25.4 Å². The number of hydrogen-bond acceptors (Lipinski definition) is 3. The third-order valence-corrected chi connectivity index (χ3v) is 4.30. The van der Waals surface area contributed by atoms with Crippen LogP contribution in [0.1, 0.15) is 45.1 Å². The van der Waals surface area contributed by atoms with Gasteiger partial charge in [0, 0.05) is 11.8 Å². The van der Waals surface area contributed by atoms with Gasteiger partial charge in [0.1, 0.15) is 5.82 Å². The van der Waals surface area contributed by atoms with Gasteiger partial charge in [0.25, 0.3) is 0 Å². The van der Waals surface area contributed by atoms with Crippen LogP contribution in [0.5, 0.6) is 0 Å². The van der Waals surface area contributed by atoms with Gasteiger partial charge in [-0.25, -0.2) is 4.98 Å². The van der Waals surface area contributed by atoms with Crippen LogP contribution in [0.4, 0.5) is 5.82 Å². The number of nitrogens with zero attached hydrogens (tertiary/aromatic N) is 1. The molecule has 2 rings (SSSR count). The fourth-order valence-electron chi connectivity index (χ4n) is 2.93. The molecular weight excluding hydrogens is 248 g/mol. The normalized spacial score (nSPS) is 28.6. The molecule has 0 radical (unpaired) electrons. The average molecular weight is 269 g/mol. The molecule has 0 spiro atoms. The second-order valence-corrected chi connectivity index (χ2v) is 6.15. The molecule has 1 aliphatic carbocycles. The van der Waals surface area contributed by atoms with Crippen LogP contribution in [-0.4, -0.2) is 10.1 Å². The number of pyridine rings is 1. The Morgan fingerprint density at radius 3 is 2.94 bits per heavy atom. The quantitative estimate of drug-likeness (QED) is 0.865. The molecule has 18 heavy (non-hydrogen) atoms. The van der Waals surface area contributed by atoms with Gasteiger partial charge >= 0.3 is 0 Å². The lowest BCUT2D eigenvalue weighted by Crippen LogP contribution is -2.35. The Bertz CT molecular complexity index is 436. The summed E-state index contributed by atoms with van der Waals surface area (Å²) in [6, 6.07) is 1.76. The maximum absolute atomic E-state index is 10.9. The summed E-state index contributed by atoms with van der Waals surface area (Å²) in [6.45, 7) is 4.41. The Balaban J connectivity index is 2.32. The van der Waals surface area contributed by atoms with Crippen LogP contribution in [-0.2, 0) is 5.60 Å². The molecule has 0 aliphatic heterocycles. The minimum absolute atomic E-state index is 0.395. The van der Waals surface area contributed by atoms with E-state index < -0.39 is 5.60 Å². The molecule has 1 aliphatic rings. The first-order chi connectivity index (χ1) is 8.42. The van der Waals surface area contributed by atoms with E-state index in [0.29, 0.717) is 28.2 Å². The number of rotatable bonds is 2. The maximum atomic E-state index is 10.9. The standard InChI is InChI=1S/C14H21ClN2O/c1-9(2)10-4-3-5-14(18,7-10)12-6-11(15)8-17-13(12)16/h6,8-10,18H,3-5,7H2,1-2H3,(H2,16,17). The third kappa shape index (κ3) is 2.62. The Hall–Kier alpha value is -0.800. The van der Waals surface area contributed by atoms with Crippen LogP contribution in [0.2, 0.25) is 5.02 Å². The van der Waals surface area contributed by atoms with E-state index in [0.717, 1.165) is 19.3 Å². The Morgan fingerprint density at radius 1 is 1.56 bits per heavy atom. The number of aliphatic hydroxyl groups is 1. The molecule has 1 fully saturated rings. The molecule has 2 atom stereocenters. The SMILES string of the molecule is CC(C)C1CCCC(O)(c2cc(Cl)cnc2N)C1. The maximum Gasteiger partial charge on any atom is 0.129 e. The van der Waals surface area contributed by atoms with Gasteiger partial charge in [-0.05, 0) is 43.6 Å². The van der Waals surface area contributed by atoms with E-state index in [1.165, 1.54) is 12.6 Å². The van der Waals surface area contributed by atoms with E-state index in [2.05, 4.69) is 18.8 Å². The van der Waals surface area contributed by atoms with E-state index in [4.69, 9.17) is 17.3 Å². The van der Waals surface area contributed by atoms with Crippen LogP contribution in [0.3, 0.4) is 0 Å². The number of hydrogen-bond donors (Lipinski definition) is 2. The number of halogens is 1. The van der Waals surface area contributed by atoms with E-state index in [9.17, 15) is 5.11 Å². The van der Waals surface area contributed by atoms with Gasteiger partial charge in [-0.15, -0.1) is 0 Å². The van der Waals surface area contributed by atoms with Gasteiger partial charge < -0.3 is 10.8 Å². The molecule has 3 N–H and O–H groups in total. The smallest absolute Gasteiger partial charge is 0.129 e. The molecule has 100 valence electrons. The fraction of sp³-hybridized carbons (Fsp3) is 0.643. The molecule has 4 heteroatoms. The molecule has 1 aromatic heterocycles. The summed E-state index contributed by atoms with van der Waals surface area (Å²) in [4.78, 5) is 4.05. The van der Waals surface area contributed by atoms with Gasteiger partial charge in [-0.2, -0.15) is 0 Å². The van der Waals surface area contributed by atoms with E-state index in [-0.39, 0.29) is 0 Å². The summed E-state index contributed by atoms with van der Waals surface area (Å²) in [5.41, 5.74) is 5.73. The molecule has 2 unspecified atom stereocenters. The average Bonchev–Trinajstić information content (AvgIpc) is 2.32. The van der Waals surface area contributed by atoms with Crippen molar-refractivity contribution in [3.05, 3.63) is 22.8 Å². The van der Waals surface area contributed by atoms with Crippen molar-refractivity contribution in [2.24, 2.45) is 11.8 Å². The van der Waals surface area contributed by atoms with Crippen molar-refractivity contribution in [1.29, 1.82) is 0 Å². The Morgan fingerprint density at radius 2 is 2.28 bits per heavy atom. The van der Waals surface area contributed by atoms with Crippen molar-refractivity contribution in [3.8, 4) is 0 Å². The molecule has 0 bridgehead atoms. The number of anilines is 1. The highest BCUT2D eigenvalue weighted by molar-refractivity contribution is 6.30.